The van der Waals surface area contributed by atoms with Gasteiger partial charge in [0.25, 0.3) is 11.8 Å². The first-order chi connectivity index (χ1) is 12.0. The smallest absolute Gasteiger partial charge is 0.274 e. The maximum Gasteiger partial charge on any atom is 0.274 e. The van der Waals surface area contributed by atoms with Crippen LogP contribution in [0.3, 0.4) is 0 Å². The third-order valence-electron chi connectivity index (χ3n) is 3.40. The molecule has 130 valence electrons. The van der Waals surface area contributed by atoms with Crippen molar-refractivity contribution < 1.29 is 19.6 Å². The standard InChI is InChI=1S/C19H20N2O4/c1-13-9-14(2)11-17(10-13)19(23)21-25-12-16-5-3-15(4-6-16)7-8-18(22)20-24/h3-11,24H,12H2,1-2H3,(H,20,22)(H,21,23)/b8-7+. The summed E-state index contributed by atoms with van der Waals surface area (Å²) in [6.45, 7) is 4.09. The van der Waals surface area contributed by atoms with Gasteiger partial charge in [0.15, 0.2) is 0 Å². The van der Waals surface area contributed by atoms with E-state index in [2.05, 4.69) is 5.48 Å². The largest absolute Gasteiger partial charge is 0.288 e. The summed E-state index contributed by atoms with van der Waals surface area (Å²) in [6.07, 6.45) is 2.79. The first-order valence-corrected chi connectivity index (χ1v) is 7.69. The molecule has 2 aromatic carbocycles. The topological polar surface area (TPSA) is 87.7 Å². The van der Waals surface area contributed by atoms with Crippen molar-refractivity contribution >= 4 is 17.9 Å². The van der Waals surface area contributed by atoms with Crippen molar-refractivity contribution in [1.82, 2.24) is 11.0 Å². The van der Waals surface area contributed by atoms with Gasteiger partial charge in [-0.05, 0) is 43.2 Å². The predicted octanol–water partition coefficient (Wildman–Crippen LogP) is 2.68. The Morgan fingerprint density at radius 2 is 1.72 bits per heavy atom. The Morgan fingerprint density at radius 3 is 2.32 bits per heavy atom. The van der Waals surface area contributed by atoms with Crippen LogP contribution in [0.25, 0.3) is 6.08 Å². The van der Waals surface area contributed by atoms with E-state index in [0.29, 0.717) is 5.56 Å². The number of carbonyl (C=O) groups is 2. The van der Waals surface area contributed by atoms with Gasteiger partial charge in [-0.1, -0.05) is 41.5 Å². The van der Waals surface area contributed by atoms with E-state index in [1.54, 1.807) is 30.3 Å². The molecule has 25 heavy (non-hydrogen) atoms. The normalized spacial score (nSPS) is 10.7. The molecular weight excluding hydrogens is 320 g/mol. The number of hydrogen-bond donors (Lipinski definition) is 3. The van der Waals surface area contributed by atoms with Crippen LogP contribution in [-0.4, -0.2) is 17.0 Å². The summed E-state index contributed by atoms with van der Waals surface area (Å²) in [6, 6.07) is 12.8. The molecule has 0 bridgehead atoms. The van der Waals surface area contributed by atoms with E-state index in [-0.39, 0.29) is 12.5 Å². The highest BCUT2D eigenvalue weighted by Gasteiger charge is 2.06. The zero-order chi connectivity index (χ0) is 18.2. The van der Waals surface area contributed by atoms with Gasteiger partial charge in [0.1, 0.15) is 0 Å². The van der Waals surface area contributed by atoms with Gasteiger partial charge in [-0.25, -0.2) is 11.0 Å². The summed E-state index contributed by atoms with van der Waals surface area (Å²) < 4.78 is 0. The molecule has 0 aliphatic carbocycles. The lowest BCUT2D eigenvalue weighted by Gasteiger charge is -2.08. The molecule has 0 aliphatic heterocycles. The number of hydroxylamine groups is 2. The van der Waals surface area contributed by atoms with E-state index in [0.717, 1.165) is 22.3 Å². The van der Waals surface area contributed by atoms with E-state index in [1.165, 1.54) is 11.6 Å². The van der Waals surface area contributed by atoms with Crippen molar-refractivity contribution in [2.75, 3.05) is 0 Å². The number of hydrogen-bond acceptors (Lipinski definition) is 4. The molecule has 0 aromatic heterocycles. The second-order valence-corrected chi connectivity index (χ2v) is 5.65. The monoisotopic (exact) mass is 340 g/mol. The highest BCUT2D eigenvalue weighted by molar-refractivity contribution is 5.93. The highest BCUT2D eigenvalue weighted by Crippen LogP contribution is 2.10. The maximum absolute atomic E-state index is 12.1. The SMILES string of the molecule is Cc1cc(C)cc(C(=O)NOCc2ccc(/C=C/C(=O)NO)cc2)c1. The Kier molecular flexibility index (Phi) is 6.45. The van der Waals surface area contributed by atoms with Crippen LogP contribution in [0.15, 0.2) is 48.5 Å². The average Bonchev–Trinajstić information content (AvgIpc) is 2.59. The van der Waals surface area contributed by atoms with Crippen LogP contribution in [0.1, 0.15) is 32.6 Å². The molecule has 0 saturated heterocycles. The lowest BCUT2D eigenvalue weighted by molar-refractivity contribution is -0.124. The van der Waals surface area contributed by atoms with Gasteiger partial charge in [0, 0.05) is 11.6 Å². The van der Waals surface area contributed by atoms with E-state index in [9.17, 15) is 9.59 Å². The lowest BCUT2D eigenvalue weighted by atomic mass is 10.1. The molecule has 0 heterocycles. The van der Waals surface area contributed by atoms with Gasteiger partial charge < -0.3 is 0 Å². The van der Waals surface area contributed by atoms with Crippen molar-refractivity contribution in [3.63, 3.8) is 0 Å². The van der Waals surface area contributed by atoms with Crippen molar-refractivity contribution in [2.24, 2.45) is 0 Å². The zero-order valence-electron chi connectivity index (χ0n) is 14.1. The first-order valence-electron chi connectivity index (χ1n) is 7.69. The first kappa shape index (κ1) is 18.4. The van der Waals surface area contributed by atoms with E-state index in [4.69, 9.17) is 10.0 Å². The van der Waals surface area contributed by atoms with E-state index >= 15 is 0 Å². The van der Waals surface area contributed by atoms with Gasteiger partial charge in [-0.15, -0.1) is 0 Å². The zero-order valence-corrected chi connectivity index (χ0v) is 14.1. The van der Waals surface area contributed by atoms with Crippen molar-refractivity contribution in [3.8, 4) is 0 Å². The fourth-order valence-corrected chi connectivity index (χ4v) is 2.28. The van der Waals surface area contributed by atoms with Crippen LogP contribution in [0.4, 0.5) is 0 Å². The summed E-state index contributed by atoms with van der Waals surface area (Å²) in [5.74, 6) is -0.886. The molecule has 0 spiro atoms. The summed E-state index contributed by atoms with van der Waals surface area (Å²) in [5.41, 5.74) is 8.20. The molecule has 0 unspecified atom stereocenters. The Hall–Kier alpha value is -2.96. The molecular formula is C19H20N2O4. The second-order valence-electron chi connectivity index (χ2n) is 5.65. The Balaban J connectivity index is 1.86. The molecule has 0 saturated carbocycles. The van der Waals surface area contributed by atoms with Crippen LogP contribution in [0.5, 0.6) is 0 Å². The van der Waals surface area contributed by atoms with Crippen LogP contribution < -0.4 is 11.0 Å². The van der Waals surface area contributed by atoms with E-state index in [1.807, 2.05) is 32.0 Å². The minimum absolute atomic E-state index is 0.220. The van der Waals surface area contributed by atoms with Crippen LogP contribution in [-0.2, 0) is 16.2 Å². The van der Waals surface area contributed by atoms with Gasteiger partial charge in [-0.3, -0.25) is 19.6 Å². The fraction of sp³-hybridized carbons (Fsp3) is 0.158. The third-order valence-corrected chi connectivity index (χ3v) is 3.40. The second kappa shape index (κ2) is 8.77. The summed E-state index contributed by atoms with van der Waals surface area (Å²) in [5, 5.41) is 8.41. The highest BCUT2D eigenvalue weighted by atomic mass is 16.6. The lowest BCUT2D eigenvalue weighted by Crippen LogP contribution is -2.23. The summed E-state index contributed by atoms with van der Waals surface area (Å²) >= 11 is 0. The van der Waals surface area contributed by atoms with Crippen molar-refractivity contribution in [3.05, 3.63) is 76.4 Å². The number of carbonyl (C=O) groups excluding carboxylic acids is 2. The Morgan fingerprint density at radius 1 is 1.08 bits per heavy atom. The molecule has 2 rings (SSSR count). The minimum Gasteiger partial charge on any atom is -0.288 e. The number of benzene rings is 2. The minimum atomic E-state index is -0.596. The molecule has 0 radical (unpaired) electrons. The van der Waals surface area contributed by atoms with Crippen LogP contribution >= 0.6 is 0 Å². The van der Waals surface area contributed by atoms with Crippen molar-refractivity contribution in [2.45, 2.75) is 20.5 Å². The van der Waals surface area contributed by atoms with Crippen LogP contribution in [0.2, 0.25) is 0 Å². The quantitative estimate of drug-likeness (QED) is 0.429. The summed E-state index contributed by atoms with van der Waals surface area (Å²) in [7, 11) is 0. The average molecular weight is 340 g/mol. The Bertz CT molecular complexity index is 762. The molecule has 3 N–H and O–H groups in total. The van der Waals surface area contributed by atoms with Crippen molar-refractivity contribution in [1.29, 1.82) is 0 Å². The number of rotatable bonds is 6. The molecule has 2 amide bonds. The van der Waals surface area contributed by atoms with Gasteiger partial charge in [-0.2, -0.15) is 0 Å². The van der Waals surface area contributed by atoms with E-state index < -0.39 is 5.91 Å². The maximum atomic E-state index is 12.1. The van der Waals surface area contributed by atoms with Gasteiger partial charge in [0.05, 0.1) is 6.61 Å². The number of aryl methyl sites for hydroxylation is 2. The molecule has 6 nitrogen and oxygen atoms in total. The summed E-state index contributed by atoms with van der Waals surface area (Å²) in [4.78, 5) is 28.2. The Labute approximate surface area is 146 Å². The fourth-order valence-electron chi connectivity index (χ4n) is 2.28. The molecule has 0 fully saturated rings. The van der Waals surface area contributed by atoms with Gasteiger partial charge in [0.2, 0.25) is 0 Å². The molecule has 0 aliphatic rings. The van der Waals surface area contributed by atoms with Crippen LogP contribution in [0, 0.1) is 13.8 Å². The van der Waals surface area contributed by atoms with Gasteiger partial charge >= 0.3 is 0 Å². The predicted molar refractivity (Wildman–Crippen MR) is 93.6 cm³/mol. The number of nitrogens with one attached hydrogen (secondary N) is 2. The third kappa shape index (κ3) is 5.87. The number of amides is 2. The molecule has 2 aromatic rings. The molecule has 0 atom stereocenters. The molecule has 6 heteroatoms.